The second-order valence-corrected chi connectivity index (χ2v) is 5.70. The number of nitrogens with two attached hydrogens (primary N) is 1. The highest BCUT2D eigenvalue weighted by molar-refractivity contribution is 6.42. The molecule has 0 amide bonds. The number of hydrogen-bond acceptors (Lipinski definition) is 1. The molecule has 2 aliphatic carbocycles. The highest BCUT2D eigenvalue weighted by Gasteiger charge is 2.60. The van der Waals surface area contributed by atoms with Crippen molar-refractivity contribution in [2.24, 2.45) is 11.7 Å². The van der Waals surface area contributed by atoms with Gasteiger partial charge in [-0.3, -0.25) is 0 Å². The van der Waals surface area contributed by atoms with E-state index in [0.717, 1.165) is 12.3 Å². The van der Waals surface area contributed by atoms with Gasteiger partial charge in [-0.2, -0.15) is 0 Å². The minimum absolute atomic E-state index is 0.341. The van der Waals surface area contributed by atoms with Gasteiger partial charge in [-0.15, -0.1) is 0 Å². The Hall–Kier alpha value is -0.240. The Morgan fingerprint density at radius 3 is 2.60 bits per heavy atom. The van der Waals surface area contributed by atoms with Crippen molar-refractivity contribution in [3.05, 3.63) is 33.8 Å². The summed E-state index contributed by atoms with van der Waals surface area (Å²) in [6.45, 7) is 0. The molecule has 0 aliphatic heterocycles. The fourth-order valence-electron chi connectivity index (χ4n) is 3.13. The first kappa shape index (κ1) is 9.95. The van der Waals surface area contributed by atoms with Gasteiger partial charge in [-0.1, -0.05) is 29.3 Å². The van der Waals surface area contributed by atoms with E-state index in [1.807, 2.05) is 12.1 Å². The fraction of sp³-hybridized carbons (Fsp3) is 0.500. The number of benzene rings is 1. The zero-order valence-electron chi connectivity index (χ0n) is 8.34. The number of rotatable bonds is 1. The predicted octanol–water partition coefficient (Wildman–Crippen LogP) is 3.37. The van der Waals surface area contributed by atoms with Crippen LogP contribution in [0.2, 0.25) is 10.0 Å². The van der Waals surface area contributed by atoms with Crippen LogP contribution >= 0.6 is 23.2 Å². The lowest BCUT2D eigenvalue weighted by molar-refractivity contribution is 0.583. The molecule has 3 heteroatoms. The van der Waals surface area contributed by atoms with Crippen molar-refractivity contribution >= 4 is 23.2 Å². The average Bonchev–Trinajstić information content (AvgIpc) is 2.75. The second kappa shape index (κ2) is 3.13. The molecule has 80 valence electrons. The van der Waals surface area contributed by atoms with Crippen LogP contribution in [0.25, 0.3) is 0 Å². The molecule has 0 unspecified atom stereocenters. The molecule has 2 fully saturated rings. The van der Waals surface area contributed by atoms with Crippen molar-refractivity contribution in [3.8, 4) is 0 Å². The molecule has 3 atom stereocenters. The van der Waals surface area contributed by atoms with Crippen LogP contribution in [0, 0.1) is 5.92 Å². The summed E-state index contributed by atoms with van der Waals surface area (Å²) in [5.41, 5.74) is 7.66. The number of hydrogen-bond donors (Lipinski definition) is 1. The summed E-state index contributed by atoms with van der Waals surface area (Å²) in [4.78, 5) is 0. The molecule has 2 saturated carbocycles. The molecule has 0 radical (unpaired) electrons. The summed E-state index contributed by atoms with van der Waals surface area (Å²) < 4.78 is 0. The van der Waals surface area contributed by atoms with Gasteiger partial charge in [0.25, 0.3) is 0 Å². The maximum absolute atomic E-state index is 6.05. The molecule has 0 heterocycles. The van der Waals surface area contributed by atoms with E-state index in [2.05, 4.69) is 6.07 Å². The fourth-order valence-corrected chi connectivity index (χ4v) is 3.43. The summed E-state index contributed by atoms with van der Waals surface area (Å²) in [6, 6.07) is 6.39. The van der Waals surface area contributed by atoms with Crippen LogP contribution in [0.5, 0.6) is 0 Å². The van der Waals surface area contributed by atoms with E-state index in [1.165, 1.54) is 18.4 Å². The smallest absolute Gasteiger partial charge is 0.0595 e. The standard InChI is InChI=1S/C12H13Cl2N/c13-10-2-1-7(4-11(10)14)12-5-8(12)3-9(15)6-12/h1-2,4,8-9H,3,5-6,15H2/t8-,9+,12-/m0/s1. The van der Waals surface area contributed by atoms with Gasteiger partial charge in [0.2, 0.25) is 0 Å². The largest absolute Gasteiger partial charge is 0.328 e. The summed E-state index contributed by atoms with van der Waals surface area (Å²) in [6.07, 6.45) is 3.55. The van der Waals surface area contributed by atoms with Crippen molar-refractivity contribution in [2.75, 3.05) is 0 Å². The van der Waals surface area contributed by atoms with Crippen molar-refractivity contribution < 1.29 is 0 Å². The van der Waals surface area contributed by atoms with Gasteiger partial charge in [-0.25, -0.2) is 0 Å². The summed E-state index contributed by atoms with van der Waals surface area (Å²) in [5.74, 6) is 0.782. The molecular formula is C12H13Cl2N. The van der Waals surface area contributed by atoms with E-state index in [1.54, 1.807) is 0 Å². The van der Waals surface area contributed by atoms with Crippen LogP contribution in [-0.4, -0.2) is 6.04 Å². The third-order valence-corrected chi connectivity index (χ3v) is 4.68. The van der Waals surface area contributed by atoms with Crippen LogP contribution in [0.1, 0.15) is 24.8 Å². The lowest BCUT2D eigenvalue weighted by atomic mass is 9.92. The third-order valence-electron chi connectivity index (χ3n) is 3.94. The Labute approximate surface area is 99.6 Å². The first-order valence-corrected chi connectivity index (χ1v) is 6.08. The molecule has 15 heavy (non-hydrogen) atoms. The topological polar surface area (TPSA) is 26.0 Å². The molecule has 1 aromatic carbocycles. The van der Waals surface area contributed by atoms with Gasteiger partial charge < -0.3 is 5.73 Å². The molecular weight excluding hydrogens is 229 g/mol. The van der Waals surface area contributed by atoms with Crippen LogP contribution < -0.4 is 5.73 Å². The summed E-state index contributed by atoms with van der Waals surface area (Å²) in [7, 11) is 0. The quantitative estimate of drug-likeness (QED) is 0.802. The normalized spacial score (nSPS) is 37.8. The van der Waals surface area contributed by atoms with Crippen LogP contribution in [0.3, 0.4) is 0 Å². The van der Waals surface area contributed by atoms with Gasteiger partial charge in [0.05, 0.1) is 10.0 Å². The molecule has 2 aliphatic rings. The highest BCUT2D eigenvalue weighted by Crippen LogP contribution is 2.64. The SMILES string of the molecule is N[C@@H]1C[C@H]2C[C@@]2(c2ccc(Cl)c(Cl)c2)C1. The van der Waals surface area contributed by atoms with Gasteiger partial charge in [0, 0.05) is 11.5 Å². The van der Waals surface area contributed by atoms with Gasteiger partial charge in [0.1, 0.15) is 0 Å². The maximum atomic E-state index is 6.05. The predicted molar refractivity (Wildman–Crippen MR) is 63.5 cm³/mol. The van der Waals surface area contributed by atoms with Crippen LogP contribution in [0.4, 0.5) is 0 Å². The van der Waals surface area contributed by atoms with Gasteiger partial charge in [-0.05, 0) is 42.9 Å². The molecule has 0 aromatic heterocycles. The van der Waals surface area contributed by atoms with Crippen molar-refractivity contribution in [3.63, 3.8) is 0 Å². The summed E-state index contributed by atoms with van der Waals surface area (Å²) in [5, 5.41) is 1.30. The molecule has 2 N–H and O–H groups in total. The first-order valence-electron chi connectivity index (χ1n) is 5.33. The molecule has 3 rings (SSSR count). The van der Waals surface area contributed by atoms with E-state index >= 15 is 0 Å². The third kappa shape index (κ3) is 1.41. The Morgan fingerprint density at radius 2 is 2.00 bits per heavy atom. The monoisotopic (exact) mass is 241 g/mol. The van der Waals surface area contributed by atoms with Crippen LogP contribution in [0.15, 0.2) is 18.2 Å². The van der Waals surface area contributed by atoms with Crippen molar-refractivity contribution in [1.29, 1.82) is 0 Å². The number of halogens is 2. The van der Waals surface area contributed by atoms with Gasteiger partial charge >= 0.3 is 0 Å². The van der Waals surface area contributed by atoms with Crippen molar-refractivity contribution in [2.45, 2.75) is 30.7 Å². The minimum atomic E-state index is 0.341. The van der Waals surface area contributed by atoms with E-state index in [-0.39, 0.29) is 0 Å². The second-order valence-electron chi connectivity index (χ2n) is 4.89. The molecule has 1 nitrogen and oxygen atoms in total. The van der Waals surface area contributed by atoms with E-state index < -0.39 is 0 Å². The lowest BCUT2D eigenvalue weighted by Gasteiger charge is -2.15. The van der Waals surface area contributed by atoms with E-state index in [9.17, 15) is 0 Å². The van der Waals surface area contributed by atoms with Crippen LogP contribution in [-0.2, 0) is 5.41 Å². The Bertz CT molecular complexity index is 418. The Balaban J connectivity index is 1.97. The van der Waals surface area contributed by atoms with Gasteiger partial charge in [0.15, 0.2) is 0 Å². The zero-order valence-corrected chi connectivity index (χ0v) is 9.85. The van der Waals surface area contributed by atoms with E-state index in [0.29, 0.717) is 21.5 Å². The highest BCUT2D eigenvalue weighted by atomic mass is 35.5. The molecule has 0 saturated heterocycles. The van der Waals surface area contributed by atoms with Crippen molar-refractivity contribution in [1.82, 2.24) is 0 Å². The minimum Gasteiger partial charge on any atom is -0.328 e. The number of fused-ring (bicyclic) bond motifs is 1. The Morgan fingerprint density at radius 1 is 1.20 bits per heavy atom. The summed E-state index contributed by atoms with van der Waals surface area (Å²) >= 11 is 12.0. The average molecular weight is 242 g/mol. The zero-order chi connectivity index (χ0) is 10.6. The Kier molecular flexibility index (Phi) is 2.08. The van der Waals surface area contributed by atoms with E-state index in [4.69, 9.17) is 28.9 Å². The molecule has 0 bridgehead atoms. The maximum Gasteiger partial charge on any atom is 0.0595 e. The lowest BCUT2D eigenvalue weighted by Crippen LogP contribution is -2.20. The molecule has 0 spiro atoms. The first-order chi connectivity index (χ1) is 7.12. The molecule has 1 aromatic rings.